The van der Waals surface area contributed by atoms with Crippen molar-refractivity contribution < 1.29 is 19.1 Å². The van der Waals surface area contributed by atoms with Crippen LogP contribution in [0.2, 0.25) is 0 Å². The lowest BCUT2D eigenvalue weighted by Crippen LogP contribution is -2.41. The molecule has 0 bridgehead atoms. The maximum Gasteiger partial charge on any atom is 0.244 e. The molecule has 0 radical (unpaired) electrons. The Hall–Kier alpha value is -3.01. The molecule has 1 aliphatic carbocycles. The van der Waals surface area contributed by atoms with Gasteiger partial charge in [0.05, 0.1) is 26.5 Å². The molecular formula is C24H33N5O4S. The van der Waals surface area contributed by atoms with Gasteiger partial charge in [-0.3, -0.25) is 9.59 Å². The Bertz CT molecular complexity index is 1020. The molecular weight excluding hydrogens is 454 g/mol. The summed E-state index contributed by atoms with van der Waals surface area (Å²) in [5.74, 6) is 2.40. The molecule has 0 unspecified atom stereocenters. The number of hydrogen-bond acceptors (Lipinski definition) is 7. The molecule has 2 aromatic rings. The fourth-order valence-electron chi connectivity index (χ4n) is 3.89. The molecule has 1 aromatic carbocycles. The molecule has 1 heterocycles. The van der Waals surface area contributed by atoms with E-state index in [9.17, 15) is 9.59 Å². The highest BCUT2D eigenvalue weighted by atomic mass is 32.2. The van der Waals surface area contributed by atoms with E-state index in [1.165, 1.54) is 37.1 Å². The van der Waals surface area contributed by atoms with Gasteiger partial charge in [-0.25, -0.2) is 0 Å². The number of nitrogens with one attached hydrogen (secondary N) is 2. The van der Waals surface area contributed by atoms with Crippen LogP contribution in [0.25, 0.3) is 6.08 Å². The first-order valence-corrected chi connectivity index (χ1v) is 12.4. The molecule has 9 nitrogen and oxygen atoms in total. The van der Waals surface area contributed by atoms with Gasteiger partial charge in [-0.15, -0.1) is 10.2 Å². The van der Waals surface area contributed by atoms with Crippen molar-refractivity contribution in [1.29, 1.82) is 0 Å². The normalized spacial score (nSPS) is 18.0. The van der Waals surface area contributed by atoms with Crippen molar-refractivity contribution in [2.45, 2.75) is 50.4 Å². The van der Waals surface area contributed by atoms with Crippen LogP contribution < -0.4 is 20.1 Å². The molecule has 1 fully saturated rings. The Morgan fingerprint density at radius 1 is 1.18 bits per heavy atom. The van der Waals surface area contributed by atoms with E-state index in [0.717, 1.165) is 12.0 Å². The second-order valence-electron chi connectivity index (χ2n) is 8.35. The van der Waals surface area contributed by atoms with Crippen LogP contribution >= 0.6 is 11.8 Å². The fourth-order valence-corrected chi connectivity index (χ4v) is 4.63. The Morgan fingerprint density at radius 2 is 1.94 bits per heavy atom. The number of methoxy groups -OCH3 is 2. The number of aromatic nitrogens is 3. The molecule has 2 atom stereocenters. The van der Waals surface area contributed by atoms with E-state index in [4.69, 9.17) is 9.47 Å². The number of amides is 2. The smallest absolute Gasteiger partial charge is 0.244 e. The standard InChI is InChI=1S/C24H33N5O4S/c1-16-7-5-6-8-18(16)26-23(31)15-34-24-28-27-21(29(24)2)14-25-22(30)12-10-17-9-11-19(32-3)20(13-17)33-4/h9-13,16,18H,5-8,14-15H2,1-4H3,(H,25,30)(H,26,31)/b12-10+/t16-,18-/m1/s1. The molecule has 184 valence electrons. The molecule has 34 heavy (non-hydrogen) atoms. The van der Waals surface area contributed by atoms with Crippen LogP contribution in [0.5, 0.6) is 11.5 Å². The Labute approximate surface area is 204 Å². The first kappa shape index (κ1) is 25.6. The van der Waals surface area contributed by atoms with Crippen LogP contribution in [0.4, 0.5) is 0 Å². The zero-order chi connectivity index (χ0) is 24.5. The summed E-state index contributed by atoms with van der Waals surface area (Å²) in [7, 11) is 4.96. The lowest BCUT2D eigenvalue weighted by atomic mass is 9.86. The van der Waals surface area contributed by atoms with Crippen molar-refractivity contribution in [3.8, 4) is 11.5 Å². The van der Waals surface area contributed by atoms with Gasteiger partial charge in [-0.1, -0.05) is 37.6 Å². The minimum absolute atomic E-state index is 0.0157. The van der Waals surface area contributed by atoms with Crippen molar-refractivity contribution in [2.75, 3.05) is 20.0 Å². The predicted molar refractivity (Wildman–Crippen MR) is 132 cm³/mol. The van der Waals surface area contributed by atoms with Crippen LogP contribution in [0.1, 0.15) is 44.0 Å². The highest BCUT2D eigenvalue weighted by Gasteiger charge is 2.23. The zero-order valence-corrected chi connectivity index (χ0v) is 21.0. The summed E-state index contributed by atoms with van der Waals surface area (Å²) in [6.45, 7) is 2.43. The largest absolute Gasteiger partial charge is 0.493 e. The fraction of sp³-hybridized carbons (Fsp3) is 0.500. The van der Waals surface area contributed by atoms with E-state index in [0.29, 0.717) is 28.4 Å². The summed E-state index contributed by atoms with van der Waals surface area (Å²) >= 11 is 1.34. The second-order valence-corrected chi connectivity index (χ2v) is 9.29. The average Bonchev–Trinajstić information content (AvgIpc) is 3.20. The molecule has 1 aromatic heterocycles. The summed E-state index contributed by atoms with van der Waals surface area (Å²) in [4.78, 5) is 24.6. The van der Waals surface area contributed by atoms with Gasteiger partial charge in [-0.2, -0.15) is 0 Å². The van der Waals surface area contributed by atoms with Crippen LogP contribution in [0.3, 0.4) is 0 Å². The SMILES string of the molecule is COc1ccc(/C=C/C(=O)NCc2nnc(SCC(=O)N[C@@H]3CCCC[C@H]3C)n2C)cc1OC. The number of carbonyl (C=O) groups excluding carboxylic acids is 2. The van der Waals surface area contributed by atoms with Gasteiger partial charge in [0, 0.05) is 19.2 Å². The van der Waals surface area contributed by atoms with E-state index in [2.05, 4.69) is 27.8 Å². The number of nitrogens with zero attached hydrogens (tertiary/aromatic N) is 3. The zero-order valence-electron chi connectivity index (χ0n) is 20.2. The molecule has 10 heteroatoms. The summed E-state index contributed by atoms with van der Waals surface area (Å²) in [6.07, 6.45) is 7.77. The summed E-state index contributed by atoms with van der Waals surface area (Å²) < 4.78 is 12.3. The third-order valence-electron chi connectivity index (χ3n) is 5.97. The molecule has 2 amide bonds. The molecule has 0 aliphatic heterocycles. The first-order chi connectivity index (χ1) is 16.4. The van der Waals surface area contributed by atoms with Crippen molar-refractivity contribution in [1.82, 2.24) is 25.4 Å². The van der Waals surface area contributed by atoms with Crippen molar-refractivity contribution in [2.24, 2.45) is 13.0 Å². The molecule has 3 rings (SSSR count). The van der Waals surface area contributed by atoms with E-state index in [-0.39, 0.29) is 30.2 Å². The molecule has 0 spiro atoms. The van der Waals surface area contributed by atoms with Gasteiger partial charge in [0.25, 0.3) is 0 Å². The number of thioether (sulfide) groups is 1. The third-order valence-corrected chi connectivity index (χ3v) is 6.99. The Morgan fingerprint density at radius 3 is 2.68 bits per heavy atom. The molecule has 1 saturated carbocycles. The summed E-state index contributed by atoms with van der Waals surface area (Å²) in [5.41, 5.74) is 0.811. The number of benzene rings is 1. The summed E-state index contributed by atoms with van der Waals surface area (Å²) in [5, 5.41) is 14.9. The number of hydrogen-bond donors (Lipinski definition) is 2. The van der Waals surface area contributed by atoms with Gasteiger partial charge in [0.2, 0.25) is 11.8 Å². The average molecular weight is 488 g/mol. The third kappa shape index (κ3) is 6.99. The lowest BCUT2D eigenvalue weighted by molar-refractivity contribution is -0.120. The van der Waals surface area contributed by atoms with Crippen molar-refractivity contribution in [3.05, 3.63) is 35.7 Å². The van der Waals surface area contributed by atoms with Crippen LogP contribution in [-0.4, -0.2) is 52.6 Å². The number of carbonyl (C=O) groups is 2. The quantitative estimate of drug-likeness (QED) is 0.392. The second kappa shape index (κ2) is 12.5. The van der Waals surface area contributed by atoms with Crippen LogP contribution in [0.15, 0.2) is 29.4 Å². The van der Waals surface area contributed by atoms with E-state index < -0.39 is 0 Å². The van der Waals surface area contributed by atoms with Gasteiger partial charge in [0.15, 0.2) is 22.5 Å². The first-order valence-electron chi connectivity index (χ1n) is 11.4. The molecule has 0 saturated heterocycles. The van der Waals surface area contributed by atoms with Gasteiger partial charge in [-0.05, 0) is 42.5 Å². The van der Waals surface area contributed by atoms with Crippen molar-refractivity contribution >= 4 is 29.7 Å². The van der Waals surface area contributed by atoms with Gasteiger partial charge >= 0.3 is 0 Å². The number of rotatable bonds is 10. The molecule has 1 aliphatic rings. The highest BCUT2D eigenvalue weighted by Crippen LogP contribution is 2.28. The molecule has 2 N–H and O–H groups in total. The topological polar surface area (TPSA) is 107 Å². The van der Waals surface area contributed by atoms with E-state index in [1.54, 1.807) is 37.0 Å². The lowest BCUT2D eigenvalue weighted by Gasteiger charge is -2.29. The van der Waals surface area contributed by atoms with E-state index in [1.807, 2.05) is 13.1 Å². The van der Waals surface area contributed by atoms with Crippen LogP contribution in [0, 0.1) is 5.92 Å². The maximum absolute atomic E-state index is 12.4. The van der Waals surface area contributed by atoms with Gasteiger partial charge < -0.3 is 24.7 Å². The minimum atomic E-state index is -0.257. The highest BCUT2D eigenvalue weighted by molar-refractivity contribution is 7.99. The monoisotopic (exact) mass is 487 g/mol. The van der Waals surface area contributed by atoms with E-state index >= 15 is 0 Å². The van der Waals surface area contributed by atoms with Gasteiger partial charge in [0.1, 0.15) is 0 Å². The van der Waals surface area contributed by atoms with Crippen molar-refractivity contribution in [3.63, 3.8) is 0 Å². The maximum atomic E-state index is 12.4. The predicted octanol–water partition coefficient (Wildman–Crippen LogP) is 2.95. The minimum Gasteiger partial charge on any atom is -0.493 e. The Kier molecular flexibility index (Phi) is 9.38. The van der Waals surface area contributed by atoms with Crippen LogP contribution in [-0.2, 0) is 23.2 Å². The number of ether oxygens (including phenoxy) is 2. The summed E-state index contributed by atoms with van der Waals surface area (Å²) in [6, 6.07) is 5.67. The Balaban J connectivity index is 1.47.